The van der Waals surface area contributed by atoms with E-state index in [1.807, 2.05) is 13.8 Å². The molecule has 13 heavy (non-hydrogen) atoms. The number of hydrogen-bond donors (Lipinski definition) is 1. The molecule has 1 heterocycles. The highest BCUT2D eigenvalue weighted by Crippen LogP contribution is 2.12. The molecule has 0 radical (unpaired) electrons. The molecule has 1 aromatic rings. The van der Waals surface area contributed by atoms with Gasteiger partial charge in [-0.2, -0.15) is 4.39 Å². The van der Waals surface area contributed by atoms with E-state index in [4.69, 9.17) is 5.11 Å². The molecule has 0 unspecified atom stereocenters. The molecular weight excluding hydrogens is 241 g/mol. The molecule has 0 fully saturated rings. The van der Waals surface area contributed by atoms with Crippen molar-refractivity contribution in [3.05, 3.63) is 28.2 Å². The van der Waals surface area contributed by atoms with E-state index in [1.54, 1.807) is 0 Å². The van der Waals surface area contributed by atoms with Crippen LogP contribution in [0.15, 0.2) is 16.7 Å². The van der Waals surface area contributed by atoms with E-state index < -0.39 is 17.5 Å². The predicted molar refractivity (Wildman–Crippen MR) is 50.2 cm³/mol. The van der Waals surface area contributed by atoms with Gasteiger partial charge in [0.05, 0.1) is 0 Å². The Hall–Kier alpha value is -0.970. The third-order valence-corrected chi connectivity index (χ3v) is 1.47. The first-order valence-corrected chi connectivity index (χ1v) is 4.45. The molecule has 5 heteroatoms. The van der Waals surface area contributed by atoms with E-state index in [2.05, 4.69) is 20.9 Å². The highest BCUT2D eigenvalue weighted by molar-refractivity contribution is 9.10. The van der Waals surface area contributed by atoms with Crippen molar-refractivity contribution >= 4 is 21.9 Å². The molecule has 1 aromatic heterocycles. The summed E-state index contributed by atoms with van der Waals surface area (Å²) >= 11 is 2.97. The average molecular weight is 250 g/mol. The van der Waals surface area contributed by atoms with Crippen molar-refractivity contribution in [2.75, 3.05) is 0 Å². The minimum absolute atomic E-state index is 0.431. The number of nitrogens with zero attached hydrogens (tertiary/aromatic N) is 1. The zero-order valence-electron chi connectivity index (χ0n) is 7.21. The summed E-state index contributed by atoms with van der Waals surface area (Å²) in [6, 6.07) is 1.16. The lowest BCUT2D eigenvalue weighted by Gasteiger charge is -1.95. The van der Waals surface area contributed by atoms with Crippen molar-refractivity contribution in [1.82, 2.24) is 4.98 Å². The second-order valence-electron chi connectivity index (χ2n) is 1.80. The normalized spacial score (nSPS) is 8.62. The molecule has 0 amide bonds. The van der Waals surface area contributed by atoms with Crippen molar-refractivity contribution in [3.63, 3.8) is 0 Å². The molecule has 1 N–H and O–H groups in total. The maximum atomic E-state index is 12.5. The summed E-state index contributed by atoms with van der Waals surface area (Å²) in [6.07, 6.45) is 1.20. The van der Waals surface area contributed by atoms with Gasteiger partial charge in [0, 0.05) is 10.7 Å². The van der Waals surface area contributed by atoms with Crippen LogP contribution in [0.1, 0.15) is 24.2 Å². The number of hydrogen-bond acceptors (Lipinski definition) is 2. The topological polar surface area (TPSA) is 50.2 Å². The smallest absolute Gasteiger partial charge is 0.340 e. The van der Waals surface area contributed by atoms with Gasteiger partial charge in [0.1, 0.15) is 5.56 Å². The maximum absolute atomic E-state index is 12.5. The lowest BCUT2D eigenvalue weighted by molar-refractivity contribution is 0.0690. The van der Waals surface area contributed by atoms with Crippen molar-refractivity contribution in [1.29, 1.82) is 0 Å². The second kappa shape index (κ2) is 5.64. The van der Waals surface area contributed by atoms with Gasteiger partial charge in [-0.05, 0) is 22.0 Å². The van der Waals surface area contributed by atoms with E-state index in [0.29, 0.717) is 4.47 Å². The van der Waals surface area contributed by atoms with Crippen LogP contribution in [0.4, 0.5) is 4.39 Å². The van der Waals surface area contributed by atoms with Crippen LogP contribution in [0.25, 0.3) is 0 Å². The fraction of sp³-hybridized carbons (Fsp3) is 0.250. The first-order valence-electron chi connectivity index (χ1n) is 3.65. The van der Waals surface area contributed by atoms with Crippen LogP contribution in [-0.2, 0) is 0 Å². The number of aromatic carboxylic acids is 1. The summed E-state index contributed by atoms with van der Waals surface area (Å²) in [5.41, 5.74) is -0.431. The number of rotatable bonds is 1. The lowest BCUT2D eigenvalue weighted by Crippen LogP contribution is -2.01. The number of aromatic nitrogens is 1. The Balaban J connectivity index is 0.000000671. The molecular formula is C8H9BrFNO2. The van der Waals surface area contributed by atoms with Crippen molar-refractivity contribution in [2.24, 2.45) is 0 Å². The standard InChI is InChI=1S/C6H3BrFNO2.C2H6/c7-3-1-4(6(10)11)5(8)9-2-3;1-2/h1-2H,(H,10,11);1-2H3. The summed E-state index contributed by atoms with van der Waals surface area (Å²) in [7, 11) is 0. The Bertz CT molecular complexity index is 304. The average Bonchev–Trinajstić information content (AvgIpc) is 2.12. The Morgan fingerprint density at radius 3 is 2.54 bits per heavy atom. The Morgan fingerprint density at radius 1 is 1.62 bits per heavy atom. The fourth-order valence-corrected chi connectivity index (χ4v) is 0.904. The van der Waals surface area contributed by atoms with Gasteiger partial charge >= 0.3 is 5.97 Å². The van der Waals surface area contributed by atoms with E-state index in [0.717, 1.165) is 6.07 Å². The van der Waals surface area contributed by atoms with Crippen LogP contribution in [0, 0.1) is 5.95 Å². The molecule has 0 spiro atoms. The summed E-state index contributed by atoms with van der Waals surface area (Å²) in [6.45, 7) is 4.00. The highest BCUT2D eigenvalue weighted by Gasteiger charge is 2.10. The first kappa shape index (κ1) is 12.0. The largest absolute Gasteiger partial charge is 0.478 e. The Kier molecular flexibility index (Phi) is 5.22. The van der Waals surface area contributed by atoms with E-state index >= 15 is 0 Å². The molecule has 0 bridgehead atoms. The van der Waals surface area contributed by atoms with Gasteiger partial charge < -0.3 is 5.11 Å². The van der Waals surface area contributed by atoms with E-state index in [-0.39, 0.29) is 0 Å². The molecule has 0 aromatic carbocycles. The fourth-order valence-electron chi connectivity index (χ4n) is 0.573. The van der Waals surface area contributed by atoms with Crippen LogP contribution in [0.2, 0.25) is 0 Å². The van der Waals surface area contributed by atoms with Crippen molar-refractivity contribution in [2.45, 2.75) is 13.8 Å². The summed E-state index contributed by atoms with van der Waals surface area (Å²) in [4.78, 5) is 13.5. The van der Waals surface area contributed by atoms with Gasteiger partial charge in [-0.3, -0.25) is 0 Å². The van der Waals surface area contributed by atoms with Crippen LogP contribution < -0.4 is 0 Å². The van der Waals surface area contributed by atoms with Crippen molar-refractivity contribution in [3.8, 4) is 0 Å². The SMILES string of the molecule is CC.O=C(O)c1cc(Br)cnc1F. The van der Waals surface area contributed by atoms with Gasteiger partial charge in [-0.15, -0.1) is 0 Å². The van der Waals surface area contributed by atoms with Gasteiger partial charge in [0.25, 0.3) is 0 Å². The van der Waals surface area contributed by atoms with Crippen LogP contribution in [-0.4, -0.2) is 16.1 Å². The second-order valence-corrected chi connectivity index (χ2v) is 2.71. The number of carboxylic acid groups (broad SMARTS) is 1. The maximum Gasteiger partial charge on any atom is 0.340 e. The Morgan fingerprint density at radius 2 is 2.15 bits per heavy atom. The summed E-state index contributed by atoms with van der Waals surface area (Å²) in [5.74, 6) is -2.29. The number of carboxylic acids is 1. The van der Waals surface area contributed by atoms with Gasteiger partial charge in [-0.25, -0.2) is 9.78 Å². The quantitative estimate of drug-likeness (QED) is 0.779. The van der Waals surface area contributed by atoms with Crippen LogP contribution in [0.3, 0.4) is 0 Å². The molecule has 0 saturated heterocycles. The number of halogens is 2. The minimum Gasteiger partial charge on any atom is -0.478 e. The molecule has 0 atom stereocenters. The first-order chi connectivity index (χ1) is 6.11. The Labute approximate surface area is 83.7 Å². The van der Waals surface area contributed by atoms with Crippen LogP contribution >= 0.6 is 15.9 Å². The number of pyridine rings is 1. The lowest BCUT2D eigenvalue weighted by atomic mass is 10.3. The van der Waals surface area contributed by atoms with Gasteiger partial charge in [0.15, 0.2) is 0 Å². The molecule has 0 aliphatic carbocycles. The molecule has 72 valence electrons. The molecule has 1 rings (SSSR count). The third kappa shape index (κ3) is 3.50. The van der Waals surface area contributed by atoms with Gasteiger partial charge in [0.2, 0.25) is 5.95 Å². The zero-order valence-corrected chi connectivity index (χ0v) is 8.80. The predicted octanol–water partition coefficient (Wildman–Crippen LogP) is 2.71. The molecule has 0 aliphatic rings. The monoisotopic (exact) mass is 249 g/mol. The zero-order chi connectivity index (χ0) is 10.4. The number of carbonyl (C=O) groups is 1. The molecule has 0 saturated carbocycles. The van der Waals surface area contributed by atoms with Gasteiger partial charge in [-0.1, -0.05) is 13.8 Å². The summed E-state index contributed by atoms with van der Waals surface area (Å²) in [5, 5.41) is 8.39. The third-order valence-electron chi connectivity index (χ3n) is 1.04. The van der Waals surface area contributed by atoms with E-state index in [1.165, 1.54) is 6.20 Å². The summed E-state index contributed by atoms with van der Waals surface area (Å²) < 4.78 is 12.9. The van der Waals surface area contributed by atoms with Crippen molar-refractivity contribution < 1.29 is 14.3 Å². The molecule has 0 aliphatic heterocycles. The minimum atomic E-state index is -1.32. The van der Waals surface area contributed by atoms with Crippen LogP contribution in [0.5, 0.6) is 0 Å². The molecule has 3 nitrogen and oxygen atoms in total. The van der Waals surface area contributed by atoms with E-state index in [9.17, 15) is 9.18 Å². The highest BCUT2D eigenvalue weighted by atomic mass is 79.9.